The highest BCUT2D eigenvalue weighted by atomic mass is 16.3. The number of hydrogen-bond acceptors (Lipinski definition) is 2. The van der Waals surface area contributed by atoms with E-state index in [1.165, 1.54) is 56.2 Å². The third kappa shape index (κ3) is 3.32. The van der Waals surface area contributed by atoms with Crippen molar-refractivity contribution >= 4 is 0 Å². The largest absolute Gasteiger partial charge is 0.387 e. The first kappa shape index (κ1) is 15.1. The second-order valence-corrected chi connectivity index (χ2v) is 7.12. The molecule has 0 radical (unpaired) electrons. The molecule has 1 N–H and O–H groups in total. The van der Waals surface area contributed by atoms with Crippen LogP contribution in [0.3, 0.4) is 0 Å². The van der Waals surface area contributed by atoms with Crippen molar-refractivity contribution < 1.29 is 5.11 Å². The summed E-state index contributed by atoms with van der Waals surface area (Å²) in [6.07, 6.45) is 7.89. The Morgan fingerprint density at radius 2 is 1.90 bits per heavy atom. The SMILES string of the molecule is Cc1ccc(C)c(C(O)CN2CCCC3CCCCC32)c1. The number of piperidine rings is 1. The Balaban J connectivity index is 1.71. The molecule has 0 bridgehead atoms. The Labute approximate surface area is 129 Å². The summed E-state index contributed by atoms with van der Waals surface area (Å²) in [4.78, 5) is 2.58. The standard InChI is InChI=1S/C19H29NO/c1-14-9-10-15(2)17(12-14)19(21)13-20-11-5-7-16-6-3-4-8-18(16)20/h9-10,12,16,18-19,21H,3-8,11,13H2,1-2H3. The van der Waals surface area contributed by atoms with Crippen molar-refractivity contribution in [3.8, 4) is 0 Å². The quantitative estimate of drug-likeness (QED) is 0.908. The highest BCUT2D eigenvalue weighted by Crippen LogP contribution is 2.36. The summed E-state index contributed by atoms with van der Waals surface area (Å²) in [6.45, 7) is 6.19. The summed E-state index contributed by atoms with van der Waals surface area (Å²) < 4.78 is 0. The molecule has 2 heteroatoms. The number of likely N-dealkylation sites (tertiary alicyclic amines) is 1. The van der Waals surface area contributed by atoms with E-state index in [-0.39, 0.29) is 6.10 Å². The lowest BCUT2D eigenvalue weighted by Gasteiger charge is -2.45. The number of aliphatic hydroxyl groups is 1. The lowest BCUT2D eigenvalue weighted by molar-refractivity contribution is 0.0203. The molecule has 1 aromatic carbocycles. The number of aliphatic hydroxyl groups excluding tert-OH is 1. The molecule has 1 aliphatic carbocycles. The minimum Gasteiger partial charge on any atom is -0.387 e. The van der Waals surface area contributed by atoms with E-state index in [1.54, 1.807) is 0 Å². The molecule has 1 saturated heterocycles. The maximum atomic E-state index is 10.7. The zero-order valence-electron chi connectivity index (χ0n) is 13.5. The Kier molecular flexibility index (Phi) is 4.66. The van der Waals surface area contributed by atoms with Crippen LogP contribution >= 0.6 is 0 Å². The Bertz CT molecular complexity index is 482. The highest BCUT2D eigenvalue weighted by Gasteiger charge is 2.34. The van der Waals surface area contributed by atoms with Crippen molar-refractivity contribution in [1.29, 1.82) is 0 Å². The minimum atomic E-state index is -0.342. The van der Waals surface area contributed by atoms with Crippen LogP contribution in [0, 0.1) is 19.8 Å². The monoisotopic (exact) mass is 287 g/mol. The number of benzene rings is 1. The van der Waals surface area contributed by atoms with Crippen LogP contribution in [0.25, 0.3) is 0 Å². The number of nitrogens with zero attached hydrogens (tertiary/aromatic N) is 1. The normalized spacial score (nSPS) is 28.1. The summed E-state index contributed by atoms with van der Waals surface area (Å²) >= 11 is 0. The molecule has 0 amide bonds. The van der Waals surface area contributed by atoms with Crippen LogP contribution in [-0.4, -0.2) is 29.1 Å². The predicted molar refractivity (Wildman–Crippen MR) is 87.4 cm³/mol. The molecule has 3 unspecified atom stereocenters. The summed E-state index contributed by atoms with van der Waals surface area (Å²) in [5.41, 5.74) is 3.57. The maximum absolute atomic E-state index is 10.7. The molecule has 2 aliphatic rings. The smallest absolute Gasteiger partial charge is 0.0919 e. The fourth-order valence-electron chi connectivity index (χ4n) is 4.39. The van der Waals surface area contributed by atoms with Gasteiger partial charge in [0.1, 0.15) is 0 Å². The summed E-state index contributed by atoms with van der Waals surface area (Å²) in [5.74, 6) is 0.887. The van der Waals surface area contributed by atoms with Crippen LogP contribution in [0.15, 0.2) is 18.2 Å². The van der Waals surface area contributed by atoms with Crippen molar-refractivity contribution in [2.45, 2.75) is 64.5 Å². The molecule has 1 saturated carbocycles. The maximum Gasteiger partial charge on any atom is 0.0919 e. The molecule has 3 atom stereocenters. The average Bonchev–Trinajstić information content (AvgIpc) is 2.50. The van der Waals surface area contributed by atoms with Gasteiger partial charge >= 0.3 is 0 Å². The fraction of sp³-hybridized carbons (Fsp3) is 0.684. The van der Waals surface area contributed by atoms with Gasteiger partial charge in [-0.05, 0) is 63.1 Å². The third-order valence-corrected chi connectivity index (χ3v) is 5.56. The number of rotatable bonds is 3. The number of fused-ring (bicyclic) bond motifs is 1. The Morgan fingerprint density at radius 1 is 1.14 bits per heavy atom. The van der Waals surface area contributed by atoms with E-state index in [4.69, 9.17) is 0 Å². The van der Waals surface area contributed by atoms with Crippen molar-refractivity contribution in [3.63, 3.8) is 0 Å². The molecule has 2 nitrogen and oxygen atoms in total. The van der Waals surface area contributed by atoms with E-state index in [1.807, 2.05) is 0 Å². The first-order valence-electron chi connectivity index (χ1n) is 8.64. The van der Waals surface area contributed by atoms with Gasteiger partial charge in [-0.15, -0.1) is 0 Å². The van der Waals surface area contributed by atoms with Crippen molar-refractivity contribution in [2.24, 2.45) is 5.92 Å². The van der Waals surface area contributed by atoms with E-state index >= 15 is 0 Å². The zero-order chi connectivity index (χ0) is 14.8. The first-order chi connectivity index (χ1) is 10.1. The molecule has 3 rings (SSSR count). The number of hydrogen-bond donors (Lipinski definition) is 1. The third-order valence-electron chi connectivity index (χ3n) is 5.56. The van der Waals surface area contributed by atoms with Gasteiger partial charge in [-0.25, -0.2) is 0 Å². The molecule has 1 aromatic rings. The van der Waals surface area contributed by atoms with Gasteiger partial charge in [0.25, 0.3) is 0 Å². The first-order valence-corrected chi connectivity index (χ1v) is 8.64. The lowest BCUT2D eigenvalue weighted by atomic mass is 9.78. The minimum absolute atomic E-state index is 0.342. The van der Waals surface area contributed by atoms with Gasteiger partial charge in [0.15, 0.2) is 0 Å². The Morgan fingerprint density at radius 3 is 2.76 bits per heavy atom. The molecule has 0 spiro atoms. The van der Waals surface area contributed by atoms with Gasteiger partial charge in [-0.2, -0.15) is 0 Å². The van der Waals surface area contributed by atoms with Gasteiger partial charge in [0.2, 0.25) is 0 Å². The summed E-state index contributed by atoms with van der Waals surface area (Å²) in [5, 5.41) is 10.7. The van der Waals surface area contributed by atoms with E-state index in [0.717, 1.165) is 24.1 Å². The van der Waals surface area contributed by atoms with Gasteiger partial charge in [0.05, 0.1) is 6.10 Å². The second-order valence-electron chi connectivity index (χ2n) is 7.12. The van der Waals surface area contributed by atoms with Crippen LogP contribution < -0.4 is 0 Å². The zero-order valence-corrected chi connectivity index (χ0v) is 13.5. The average molecular weight is 287 g/mol. The molecule has 116 valence electrons. The van der Waals surface area contributed by atoms with Crippen LogP contribution in [0.5, 0.6) is 0 Å². The molecule has 1 aliphatic heterocycles. The summed E-state index contributed by atoms with van der Waals surface area (Å²) in [7, 11) is 0. The van der Waals surface area contributed by atoms with Crippen LogP contribution in [-0.2, 0) is 0 Å². The van der Waals surface area contributed by atoms with Crippen LogP contribution in [0.1, 0.15) is 61.3 Å². The lowest BCUT2D eigenvalue weighted by Crippen LogP contribution is -2.48. The van der Waals surface area contributed by atoms with Crippen molar-refractivity contribution in [1.82, 2.24) is 4.90 Å². The molecular weight excluding hydrogens is 258 g/mol. The van der Waals surface area contributed by atoms with E-state index in [2.05, 4.69) is 36.9 Å². The van der Waals surface area contributed by atoms with Crippen LogP contribution in [0.4, 0.5) is 0 Å². The van der Waals surface area contributed by atoms with Crippen molar-refractivity contribution in [3.05, 3.63) is 34.9 Å². The highest BCUT2D eigenvalue weighted by molar-refractivity contribution is 5.32. The van der Waals surface area contributed by atoms with Gasteiger partial charge < -0.3 is 5.11 Å². The fourth-order valence-corrected chi connectivity index (χ4v) is 4.39. The predicted octanol–water partition coefficient (Wildman–Crippen LogP) is 3.99. The van der Waals surface area contributed by atoms with Crippen molar-refractivity contribution in [2.75, 3.05) is 13.1 Å². The molecule has 0 aromatic heterocycles. The van der Waals surface area contributed by atoms with E-state index in [9.17, 15) is 5.11 Å². The number of β-amino-alcohol motifs (C(OH)–C–C–N with tert-alkyl or cyclic N) is 1. The van der Waals surface area contributed by atoms with E-state index < -0.39 is 0 Å². The molecule has 1 heterocycles. The van der Waals surface area contributed by atoms with Gasteiger partial charge in [-0.1, -0.05) is 36.6 Å². The summed E-state index contributed by atoms with van der Waals surface area (Å²) in [6, 6.07) is 7.15. The Hall–Kier alpha value is -0.860. The van der Waals surface area contributed by atoms with Gasteiger partial charge in [0, 0.05) is 12.6 Å². The molecular formula is C19H29NO. The van der Waals surface area contributed by atoms with Crippen LogP contribution in [0.2, 0.25) is 0 Å². The topological polar surface area (TPSA) is 23.5 Å². The number of aryl methyl sites for hydroxylation is 2. The van der Waals surface area contributed by atoms with Gasteiger partial charge in [-0.3, -0.25) is 4.90 Å². The second kappa shape index (κ2) is 6.50. The van der Waals surface area contributed by atoms with E-state index in [0.29, 0.717) is 0 Å². The molecule has 21 heavy (non-hydrogen) atoms. The molecule has 2 fully saturated rings.